The maximum Gasteiger partial charge on any atom is 0.285 e. The molecule has 0 unspecified atom stereocenters. The van der Waals surface area contributed by atoms with Crippen LogP contribution in [-0.4, -0.2) is 44.2 Å². The second-order valence-corrected chi connectivity index (χ2v) is 11.2. The first-order chi connectivity index (χ1) is 16.8. The zero-order valence-electron chi connectivity index (χ0n) is 20.8. The quantitative estimate of drug-likeness (QED) is 0.606. The van der Waals surface area contributed by atoms with Gasteiger partial charge in [-0.3, -0.25) is 4.79 Å². The van der Waals surface area contributed by atoms with Gasteiger partial charge in [0.2, 0.25) is 5.91 Å². The van der Waals surface area contributed by atoms with Gasteiger partial charge in [-0.1, -0.05) is 67.1 Å². The third kappa shape index (κ3) is 5.84. The molecule has 1 saturated heterocycles. The summed E-state index contributed by atoms with van der Waals surface area (Å²) in [6.07, 6.45) is 3.79. The van der Waals surface area contributed by atoms with Gasteiger partial charge in [-0.05, 0) is 57.1 Å². The van der Waals surface area contributed by atoms with E-state index in [9.17, 15) is 13.2 Å². The minimum atomic E-state index is -3.74. The predicted octanol–water partition coefficient (Wildman–Crippen LogP) is 4.71. The van der Waals surface area contributed by atoms with Crippen LogP contribution in [-0.2, 0) is 21.2 Å². The van der Waals surface area contributed by atoms with Crippen molar-refractivity contribution in [3.8, 4) is 0 Å². The van der Waals surface area contributed by atoms with Crippen LogP contribution in [0.1, 0.15) is 56.2 Å². The van der Waals surface area contributed by atoms with Crippen molar-refractivity contribution in [1.82, 2.24) is 10.2 Å². The lowest BCUT2D eigenvalue weighted by Crippen LogP contribution is -2.45. The van der Waals surface area contributed by atoms with Crippen molar-refractivity contribution in [2.24, 2.45) is 10.3 Å². The molecule has 0 bridgehead atoms. The van der Waals surface area contributed by atoms with Crippen molar-refractivity contribution >= 4 is 26.7 Å². The lowest BCUT2D eigenvalue weighted by Gasteiger charge is -2.33. The molecule has 0 spiro atoms. The van der Waals surface area contributed by atoms with E-state index in [1.165, 1.54) is 5.56 Å². The van der Waals surface area contributed by atoms with Gasteiger partial charge < -0.3 is 10.2 Å². The van der Waals surface area contributed by atoms with Crippen LogP contribution in [0.2, 0.25) is 0 Å². The van der Waals surface area contributed by atoms with Crippen LogP contribution in [0.3, 0.4) is 0 Å². The summed E-state index contributed by atoms with van der Waals surface area (Å²) in [6.45, 7) is 7.25. The zero-order valence-corrected chi connectivity index (χ0v) is 21.6. The standard InChI is InChI=1S/C28H35N3O3S/c1-4-25-26(23-14-10-20(2)11-15-23)35(33,34)30-27(25)31-18-16-24(17-19-31)28(32)29-21(3)12-13-22-8-6-5-7-9-22/h5-11,14-15,21,24H,4,12-13,16-19H2,1-3H3,(H,29,32)/t21-/m0/s1. The Balaban J connectivity index is 1.37. The van der Waals surface area contributed by atoms with E-state index in [4.69, 9.17) is 0 Å². The van der Waals surface area contributed by atoms with Gasteiger partial charge in [-0.15, -0.1) is 4.40 Å². The number of benzene rings is 2. The van der Waals surface area contributed by atoms with Crippen LogP contribution in [0.25, 0.3) is 4.91 Å². The minimum Gasteiger partial charge on any atom is -0.356 e. The second kappa shape index (κ2) is 10.8. The lowest BCUT2D eigenvalue weighted by atomic mass is 9.94. The highest BCUT2D eigenvalue weighted by molar-refractivity contribution is 8.00. The minimum absolute atomic E-state index is 0.0605. The van der Waals surface area contributed by atoms with Crippen LogP contribution in [0.5, 0.6) is 0 Å². The molecule has 0 aliphatic carbocycles. The van der Waals surface area contributed by atoms with E-state index in [-0.39, 0.29) is 17.9 Å². The summed E-state index contributed by atoms with van der Waals surface area (Å²) in [7, 11) is -3.74. The third-order valence-corrected chi connectivity index (χ3v) is 8.35. The van der Waals surface area contributed by atoms with E-state index >= 15 is 0 Å². The summed E-state index contributed by atoms with van der Waals surface area (Å²) in [5.74, 6) is 0.589. The number of aryl methyl sites for hydroxylation is 2. The number of hydrogen-bond acceptors (Lipinski definition) is 4. The smallest absolute Gasteiger partial charge is 0.285 e. The second-order valence-electron chi connectivity index (χ2n) is 9.61. The molecule has 1 N–H and O–H groups in total. The van der Waals surface area contributed by atoms with Crippen molar-refractivity contribution in [3.05, 3.63) is 76.9 Å². The Morgan fingerprint density at radius 3 is 2.37 bits per heavy atom. The number of hydrogen-bond donors (Lipinski definition) is 1. The van der Waals surface area contributed by atoms with Gasteiger partial charge in [0, 0.05) is 30.6 Å². The van der Waals surface area contributed by atoms with E-state index < -0.39 is 10.0 Å². The van der Waals surface area contributed by atoms with E-state index in [0.29, 0.717) is 48.7 Å². The number of amides is 1. The Hall–Kier alpha value is -2.93. The molecule has 2 heterocycles. The van der Waals surface area contributed by atoms with Crippen molar-refractivity contribution in [2.45, 2.75) is 58.9 Å². The normalized spacial score (nSPS) is 18.9. The summed E-state index contributed by atoms with van der Waals surface area (Å²) >= 11 is 0. The Labute approximate surface area is 209 Å². The number of sulfonamides is 1. The fourth-order valence-electron chi connectivity index (χ4n) is 4.88. The van der Waals surface area contributed by atoms with Crippen LogP contribution in [0.15, 0.2) is 64.6 Å². The van der Waals surface area contributed by atoms with Gasteiger partial charge in [-0.25, -0.2) is 0 Å². The van der Waals surface area contributed by atoms with Gasteiger partial charge in [-0.2, -0.15) is 8.42 Å². The largest absolute Gasteiger partial charge is 0.356 e. The molecule has 186 valence electrons. The number of nitrogens with one attached hydrogen (secondary N) is 1. The van der Waals surface area contributed by atoms with Gasteiger partial charge in [0.05, 0.1) is 0 Å². The molecule has 1 amide bonds. The molecule has 0 aromatic heterocycles. The maximum atomic E-state index is 13.0. The lowest BCUT2D eigenvalue weighted by molar-refractivity contribution is -0.126. The molecule has 1 atom stereocenters. The predicted molar refractivity (Wildman–Crippen MR) is 141 cm³/mol. The molecule has 6 nitrogen and oxygen atoms in total. The van der Waals surface area contributed by atoms with Gasteiger partial charge in [0.1, 0.15) is 10.7 Å². The Morgan fingerprint density at radius 2 is 1.74 bits per heavy atom. The van der Waals surface area contributed by atoms with Crippen molar-refractivity contribution < 1.29 is 13.2 Å². The van der Waals surface area contributed by atoms with Crippen LogP contribution in [0, 0.1) is 12.8 Å². The highest BCUT2D eigenvalue weighted by Crippen LogP contribution is 2.36. The first kappa shape index (κ1) is 25.2. The van der Waals surface area contributed by atoms with E-state index in [0.717, 1.165) is 24.0 Å². The number of rotatable bonds is 7. The highest BCUT2D eigenvalue weighted by atomic mass is 32.2. The van der Waals surface area contributed by atoms with Crippen molar-refractivity contribution in [1.29, 1.82) is 0 Å². The molecule has 2 aliphatic rings. The summed E-state index contributed by atoms with van der Waals surface area (Å²) in [5, 5.41) is 3.18. The fourth-order valence-corrected chi connectivity index (χ4v) is 6.41. The van der Waals surface area contributed by atoms with E-state index in [1.807, 2.05) is 61.2 Å². The van der Waals surface area contributed by atoms with Crippen molar-refractivity contribution in [2.75, 3.05) is 13.1 Å². The first-order valence-corrected chi connectivity index (χ1v) is 14.0. The first-order valence-electron chi connectivity index (χ1n) is 12.5. The summed E-state index contributed by atoms with van der Waals surface area (Å²) in [4.78, 5) is 15.2. The summed E-state index contributed by atoms with van der Waals surface area (Å²) in [6, 6.07) is 18.0. The highest BCUT2D eigenvalue weighted by Gasteiger charge is 2.36. The Kier molecular flexibility index (Phi) is 7.75. The molecular weight excluding hydrogens is 458 g/mol. The average molecular weight is 494 g/mol. The molecule has 0 saturated carbocycles. The average Bonchev–Trinajstić information content (AvgIpc) is 3.14. The number of carbonyl (C=O) groups excluding carboxylic acids is 1. The molecule has 2 aromatic carbocycles. The molecular formula is C28H35N3O3S. The van der Waals surface area contributed by atoms with Gasteiger partial charge in [0.15, 0.2) is 0 Å². The summed E-state index contributed by atoms with van der Waals surface area (Å²) in [5.41, 5.74) is 3.81. The Bertz CT molecular complexity index is 1210. The van der Waals surface area contributed by atoms with Gasteiger partial charge in [0.25, 0.3) is 10.0 Å². The molecule has 2 aromatic rings. The maximum absolute atomic E-state index is 13.0. The topological polar surface area (TPSA) is 78.8 Å². The monoisotopic (exact) mass is 493 g/mol. The van der Waals surface area contributed by atoms with Gasteiger partial charge >= 0.3 is 0 Å². The van der Waals surface area contributed by atoms with Crippen LogP contribution < -0.4 is 5.32 Å². The fraction of sp³-hybridized carbons (Fsp3) is 0.429. The number of piperidine rings is 1. The Morgan fingerprint density at radius 1 is 1.09 bits per heavy atom. The molecule has 0 radical (unpaired) electrons. The SMILES string of the molecule is CCC1=C(c2ccc(C)cc2)S(=O)(=O)N=C1N1CCC(C(=O)N[C@@H](C)CCc2ccccc2)CC1. The number of carbonyl (C=O) groups is 1. The molecule has 7 heteroatoms. The number of amidine groups is 1. The van der Waals surface area contributed by atoms with Crippen LogP contribution in [0.4, 0.5) is 0 Å². The number of nitrogens with zero attached hydrogens (tertiary/aromatic N) is 2. The van der Waals surface area contributed by atoms with Crippen LogP contribution >= 0.6 is 0 Å². The number of likely N-dealkylation sites (tertiary alicyclic amines) is 1. The zero-order chi connectivity index (χ0) is 25.0. The van der Waals surface area contributed by atoms with E-state index in [1.54, 1.807) is 0 Å². The summed E-state index contributed by atoms with van der Waals surface area (Å²) < 4.78 is 30.2. The molecule has 1 fully saturated rings. The van der Waals surface area contributed by atoms with Crippen molar-refractivity contribution in [3.63, 3.8) is 0 Å². The molecule has 35 heavy (non-hydrogen) atoms. The third-order valence-electron chi connectivity index (χ3n) is 6.94. The molecule has 4 rings (SSSR count). The van der Waals surface area contributed by atoms with E-state index in [2.05, 4.69) is 28.8 Å². The molecule has 2 aliphatic heterocycles.